The molecule has 1 atom stereocenters. The zero-order valence-electron chi connectivity index (χ0n) is 15.5. The van der Waals surface area contributed by atoms with Crippen LogP contribution in [0.4, 0.5) is 4.79 Å². The number of ether oxygens (including phenoxy) is 1. The minimum Gasteiger partial charge on any atom is -0.444 e. The Morgan fingerprint density at radius 2 is 2.12 bits per heavy atom. The molecule has 1 saturated heterocycles. The minimum atomic E-state index is -0.478. The van der Waals surface area contributed by atoms with Crippen LogP contribution in [0.3, 0.4) is 0 Å². The summed E-state index contributed by atoms with van der Waals surface area (Å²) in [4.78, 5) is 26.3. The maximum atomic E-state index is 12.3. The molecule has 1 heterocycles. The largest absolute Gasteiger partial charge is 0.444 e. The smallest absolute Gasteiger partial charge is 0.410 e. The summed E-state index contributed by atoms with van der Waals surface area (Å²) in [7, 11) is 0. The lowest BCUT2D eigenvalue weighted by Crippen LogP contribution is -2.43. The second kappa shape index (κ2) is 9.26. The van der Waals surface area contributed by atoms with Crippen molar-refractivity contribution in [3.63, 3.8) is 0 Å². The first-order chi connectivity index (χ1) is 12.2. The molecule has 0 spiro atoms. The van der Waals surface area contributed by atoms with Crippen molar-refractivity contribution in [2.24, 2.45) is 5.92 Å². The van der Waals surface area contributed by atoms with Crippen LogP contribution in [-0.2, 0) is 4.74 Å². The van der Waals surface area contributed by atoms with Crippen LogP contribution in [0.5, 0.6) is 0 Å². The zero-order chi connectivity index (χ0) is 19.3. The van der Waals surface area contributed by atoms with E-state index in [1.807, 2.05) is 20.8 Å². The van der Waals surface area contributed by atoms with Crippen molar-refractivity contribution in [2.45, 2.75) is 45.6 Å². The van der Waals surface area contributed by atoms with Gasteiger partial charge in [-0.2, -0.15) is 0 Å². The van der Waals surface area contributed by atoms with Crippen molar-refractivity contribution in [1.82, 2.24) is 10.2 Å². The number of nitrogens with one attached hydrogen (secondary N) is 1. The van der Waals surface area contributed by atoms with E-state index in [9.17, 15) is 9.59 Å². The number of carbonyl (C=O) groups excluding carboxylic acids is 2. The Hall–Kier alpha value is -1.02. The number of hydrogen-bond acceptors (Lipinski definition) is 3. The van der Waals surface area contributed by atoms with Crippen molar-refractivity contribution >= 4 is 46.2 Å². The number of hydrogen-bond donors (Lipinski definition) is 1. The molecule has 1 aromatic carbocycles. The molecule has 1 aliphatic heterocycles. The normalized spacial score (nSPS) is 17.7. The van der Waals surface area contributed by atoms with Crippen LogP contribution < -0.4 is 5.32 Å². The number of likely N-dealkylation sites (tertiary alicyclic amines) is 1. The average molecular weight is 493 g/mol. The van der Waals surface area contributed by atoms with Gasteiger partial charge in [-0.15, -0.1) is 0 Å². The number of rotatable bonds is 4. The number of carbonyl (C=O) groups is 2. The Labute approximate surface area is 173 Å². The summed E-state index contributed by atoms with van der Waals surface area (Å²) < 4.78 is 6.29. The van der Waals surface area contributed by atoms with Crippen molar-refractivity contribution in [2.75, 3.05) is 19.6 Å². The molecule has 0 saturated carbocycles. The fraction of sp³-hybridized carbons (Fsp3) is 0.579. The van der Waals surface area contributed by atoms with Gasteiger partial charge in [-0.05, 0) is 86.7 Å². The molecule has 1 unspecified atom stereocenters. The molecule has 5 nitrogen and oxygen atoms in total. The second-order valence-electron chi connectivity index (χ2n) is 7.60. The molecule has 1 N–H and O–H groups in total. The summed E-state index contributed by atoms with van der Waals surface area (Å²) in [5, 5.41) is 3.59. The molecule has 2 amide bonds. The lowest BCUT2D eigenvalue weighted by molar-refractivity contribution is 0.0161. The first-order valence-corrected chi connectivity index (χ1v) is 10.3. The Morgan fingerprint density at radius 3 is 2.77 bits per heavy atom. The highest BCUT2D eigenvalue weighted by atomic mass is 127. The molecule has 0 aliphatic carbocycles. The van der Waals surface area contributed by atoms with E-state index < -0.39 is 5.60 Å². The summed E-state index contributed by atoms with van der Waals surface area (Å²) >= 11 is 8.04. The summed E-state index contributed by atoms with van der Waals surface area (Å²) in [6, 6.07) is 5.24. The van der Waals surface area contributed by atoms with Gasteiger partial charge in [0.25, 0.3) is 5.91 Å². The summed E-state index contributed by atoms with van der Waals surface area (Å²) in [6.07, 6.45) is 2.62. The number of benzene rings is 1. The lowest BCUT2D eigenvalue weighted by atomic mass is 9.95. The van der Waals surface area contributed by atoms with Crippen molar-refractivity contribution in [1.29, 1.82) is 0 Å². The van der Waals surface area contributed by atoms with Crippen LogP contribution in [0.25, 0.3) is 0 Å². The fourth-order valence-electron chi connectivity index (χ4n) is 2.95. The standard InChI is InChI=1S/C19H26ClIN2O3/c1-19(2,3)26-18(25)23-10-4-5-13(12-23)8-9-22-17(24)15-7-6-14(20)11-16(15)21/h6-7,11,13H,4-5,8-10,12H2,1-3H3,(H,22,24). The highest BCUT2D eigenvalue weighted by Gasteiger charge is 2.27. The van der Waals surface area contributed by atoms with Gasteiger partial charge in [-0.3, -0.25) is 4.79 Å². The van der Waals surface area contributed by atoms with E-state index in [1.54, 1.807) is 23.1 Å². The van der Waals surface area contributed by atoms with Crippen molar-refractivity contribution in [3.8, 4) is 0 Å². The Morgan fingerprint density at radius 1 is 1.38 bits per heavy atom. The highest BCUT2D eigenvalue weighted by molar-refractivity contribution is 14.1. The molecular formula is C19H26ClIN2O3. The van der Waals surface area contributed by atoms with Gasteiger partial charge in [-0.25, -0.2) is 4.79 Å². The van der Waals surface area contributed by atoms with E-state index >= 15 is 0 Å². The number of amides is 2. The molecule has 1 aromatic rings. The third kappa shape index (κ3) is 6.61. The molecule has 2 rings (SSSR count). The van der Waals surface area contributed by atoms with Gasteiger partial charge in [0.05, 0.1) is 5.56 Å². The van der Waals surface area contributed by atoms with Crippen LogP contribution >= 0.6 is 34.2 Å². The lowest BCUT2D eigenvalue weighted by Gasteiger charge is -2.34. The van der Waals surface area contributed by atoms with Gasteiger partial charge >= 0.3 is 6.09 Å². The van der Waals surface area contributed by atoms with Crippen molar-refractivity contribution < 1.29 is 14.3 Å². The molecule has 1 fully saturated rings. The Bertz CT molecular complexity index is 661. The predicted molar refractivity (Wildman–Crippen MR) is 112 cm³/mol. The quantitative estimate of drug-likeness (QED) is 0.619. The third-order valence-electron chi connectivity index (χ3n) is 4.18. The molecule has 144 valence electrons. The van der Waals surface area contributed by atoms with Gasteiger partial charge in [0, 0.05) is 28.2 Å². The van der Waals surface area contributed by atoms with E-state index in [-0.39, 0.29) is 12.0 Å². The first-order valence-electron chi connectivity index (χ1n) is 8.87. The maximum absolute atomic E-state index is 12.3. The van der Waals surface area contributed by atoms with Crippen LogP contribution in [0.1, 0.15) is 50.4 Å². The monoisotopic (exact) mass is 492 g/mol. The van der Waals surface area contributed by atoms with E-state index in [4.69, 9.17) is 16.3 Å². The van der Waals surface area contributed by atoms with Crippen LogP contribution in [-0.4, -0.2) is 42.1 Å². The number of halogens is 2. The van der Waals surface area contributed by atoms with Crippen LogP contribution in [0, 0.1) is 9.49 Å². The van der Waals surface area contributed by atoms with Gasteiger partial charge in [0.1, 0.15) is 5.60 Å². The zero-order valence-corrected chi connectivity index (χ0v) is 18.4. The molecule has 1 aliphatic rings. The van der Waals surface area contributed by atoms with E-state index in [2.05, 4.69) is 27.9 Å². The second-order valence-corrected chi connectivity index (χ2v) is 9.20. The van der Waals surface area contributed by atoms with E-state index in [1.165, 1.54) is 0 Å². The predicted octanol–water partition coefficient (Wildman–Crippen LogP) is 4.71. The van der Waals surface area contributed by atoms with E-state index in [0.717, 1.165) is 29.4 Å². The first kappa shape index (κ1) is 21.3. The molecular weight excluding hydrogens is 467 g/mol. The van der Waals surface area contributed by atoms with Crippen LogP contribution in [0.2, 0.25) is 5.02 Å². The summed E-state index contributed by atoms with van der Waals surface area (Å²) in [5.74, 6) is 0.284. The van der Waals surface area contributed by atoms with Crippen LogP contribution in [0.15, 0.2) is 18.2 Å². The third-order valence-corrected chi connectivity index (χ3v) is 5.31. The molecule has 0 radical (unpaired) electrons. The Kier molecular flexibility index (Phi) is 7.58. The van der Waals surface area contributed by atoms with Gasteiger partial charge in [0.15, 0.2) is 0 Å². The summed E-state index contributed by atoms with van der Waals surface area (Å²) in [6.45, 7) is 7.63. The van der Waals surface area contributed by atoms with Gasteiger partial charge in [0.2, 0.25) is 0 Å². The molecule has 7 heteroatoms. The SMILES string of the molecule is CC(C)(C)OC(=O)N1CCCC(CCNC(=O)c2ccc(Cl)cc2I)C1. The number of piperidine rings is 1. The fourth-order valence-corrected chi connectivity index (χ4v) is 4.07. The highest BCUT2D eigenvalue weighted by Crippen LogP contribution is 2.22. The minimum absolute atomic E-state index is 0.0918. The van der Waals surface area contributed by atoms with Gasteiger partial charge in [-0.1, -0.05) is 11.6 Å². The maximum Gasteiger partial charge on any atom is 0.410 e. The van der Waals surface area contributed by atoms with Gasteiger partial charge < -0.3 is 15.0 Å². The number of nitrogens with zero attached hydrogens (tertiary/aromatic N) is 1. The molecule has 0 aromatic heterocycles. The Balaban J connectivity index is 1.80. The van der Waals surface area contributed by atoms with Crippen molar-refractivity contribution in [3.05, 3.63) is 32.4 Å². The molecule has 26 heavy (non-hydrogen) atoms. The van der Waals surface area contributed by atoms with E-state index in [0.29, 0.717) is 29.6 Å². The molecule has 0 bridgehead atoms. The topological polar surface area (TPSA) is 58.6 Å². The summed E-state index contributed by atoms with van der Waals surface area (Å²) in [5.41, 5.74) is 0.155. The average Bonchev–Trinajstić information content (AvgIpc) is 2.53.